The number of primary amides is 1. The zero-order valence-corrected chi connectivity index (χ0v) is 10.6. The average Bonchev–Trinajstić information content (AvgIpc) is 2.47. The molecule has 1 rings (SSSR count). The molecule has 0 aromatic carbocycles. The predicted octanol–water partition coefficient (Wildman–Crippen LogP) is 1.08. The molecule has 0 bridgehead atoms. The number of hydrogen-bond acceptors (Lipinski definition) is 4. The Balaban J connectivity index is 2.47. The van der Waals surface area contributed by atoms with Gasteiger partial charge in [0.1, 0.15) is 5.60 Å². The fourth-order valence-electron chi connectivity index (χ4n) is 1.45. The van der Waals surface area contributed by atoms with E-state index in [4.69, 9.17) is 10.5 Å². The van der Waals surface area contributed by atoms with Crippen molar-refractivity contribution in [2.24, 2.45) is 11.7 Å². The summed E-state index contributed by atoms with van der Waals surface area (Å²) in [6, 6.07) is 0. The van der Waals surface area contributed by atoms with Crippen molar-refractivity contribution in [3.05, 3.63) is 0 Å². The summed E-state index contributed by atoms with van der Waals surface area (Å²) in [5, 5.41) is 2.41. The van der Waals surface area contributed by atoms with Crippen LogP contribution in [0.1, 0.15) is 27.2 Å². The Kier molecular flexibility index (Phi) is 4.07. The first-order chi connectivity index (χ1) is 7.29. The molecule has 5 nitrogen and oxygen atoms in total. The van der Waals surface area contributed by atoms with Crippen molar-refractivity contribution < 1.29 is 14.3 Å². The van der Waals surface area contributed by atoms with Crippen LogP contribution in [0.15, 0.2) is 0 Å². The first kappa shape index (κ1) is 13.2. The van der Waals surface area contributed by atoms with Crippen LogP contribution in [0.5, 0.6) is 0 Å². The molecule has 3 N–H and O–H groups in total. The second-order valence-electron chi connectivity index (χ2n) is 4.74. The van der Waals surface area contributed by atoms with E-state index >= 15 is 0 Å². The Morgan fingerprint density at radius 1 is 1.44 bits per heavy atom. The zero-order valence-electron chi connectivity index (χ0n) is 9.78. The molecule has 1 aliphatic heterocycles. The van der Waals surface area contributed by atoms with E-state index in [2.05, 4.69) is 5.32 Å². The summed E-state index contributed by atoms with van der Waals surface area (Å²) in [5.41, 5.74) is 4.71. The van der Waals surface area contributed by atoms with E-state index in [9.17, 15) is 9.59 Å². The van der Waals surface area contributed by atoms with Gasteiger partial charge in [-0.15, -0.1) is 11.8 Å². The quantitative estimate of drug-likeness (QED) is 0.763. The van der Waals surface area contributed by atoms with Gasteiger partial charge in [0.15, 0.2) is 0 Å². The van der Waals surface area contributed by atoms with Gasteiger partial charge in [-0.05, 0) is 32.9 Å². The summed E-state index contributed by atoms with van der Waals surface area (Å²) in [6.07, 6.45) is 0.207. The molecule has 92 valence electrons. The topological polar surface area (TPSA) is 81.4 Å². The van der Waals surface area contributed by atoms with E-state index < -0.39 is 11.7 Å². The van der Waals surface area contributed by atoms with E-state index in [0.29, 0.717) is 6.42 Å². The highest BCUT2D eigenvalue weighted by atomic mass is 32.2. The molecule has 6 heteroatoms. The van der Waals surface area contributed by atoms with Gasteiger partial charge in [-0.3, -0.25) is 4.79 Å². The minimum absolute atomic E-state index is 0.257. The lowest BCUT2D eigenvalue weighted by atomic mass is 10.1. The van der Waals surface area contributed by atoms with Gasteiger partial charge in [-0.25, -0.2) is 4.79 Å². The van der Waals surface area contributed by atoms with Crippen LogP contribution in [0.3, 0.4) is 0 Å². The Labute approximate surface area is 99.5 Å². The number of carbonyl (C=O) groups is 2. The number of amides is 2. The summed E-state index contributed by atoms with van der Waals surface area (Å²) < 4.78 is 5.11. The molecule has 2 unspecified atom stereocenters. The van der Waals surface area contributed by atoms with Gasteiger partial charge in [-0.1, -0.05) is 0 Å². The van der Waals surface area contributed by atoms with Crippen molar-refractivity contribution in [1.29, 1.82) is 0 Å². The maximum atomic E-state index is 11.5. The van der Waals surface area contributed by atoms with Crippen LogP contribution in [0, 0.1) is 5.92 Å². The first-order valence-corrected chi connectivity index (χ1v) is 6.25. The molecule has 1 heterocycles. The molecule has 1 saturated heterocycles. The second kappa shape index (κ2) is 4.95. The molecule has 0 spiro atoms. The lowest BCUT2D eigenvalue weighted by Crippen LogP contribution is -2.43. The van der Waals surface area contributed by atoms with Gasteiger partial charge >= 0.3 is 6.09 Å². The lowest BCUT2D eigenvalue weighted by molar-refractivity contribution is -0.121. The normalized spacial score (nSPS) is 25.2. The van der Waals surface area contributed by atoms with Gasteiger partial charge in [0.2, 0.25) is 5.91 Å². The third-order valence-corrected chi connectivity index (χ3v) is 3.39. The van der Waals surface area contributed by atoms with Crippen LogP contribution >= 0.6 is 11.8 Å². The Morgan fingerprint density at radius 2 is 2.06 bits per heavy atom. The van der Waals surface area contributed by atoms with Crippen molar-refractivity contribution in [2.75, 3.05) is 5.75 Å². The van der Waals surface area contributed by atoms with Crippen molar-refractivity contribution in [1.82, 2.24) is 5.32 Å². The van der Waals surface area contributed by atoms with Crippen LogP contribution in [-0.4, -0.2) is 28.7 Å². The Hall–Kier alpha value is -0.910. The fraction of sp³-hybridized carbons (Fsp3) is 0.800. The van der Waals surface area contributed by atoms with Crippen LogP contribution < -0.4 is 11.1 Å². The molecule has 2 atom stereocenters. The molecule has 0 aromatic rings. The monoisotopic (exact) mass is 246 g/mol. The molecule has 1 aliphatic rings. The summed E-state index contributed by atoms with van der Waals surface area (Å²) in [6.45, 7) is 5.37. The average molecular weight is 246 g/mol. The molecular formula is C10H18N2O3S. The van der Waals surface area contributed by atoms with E-state index in [-0.39, 0.29) is 17.2 Å². The summed E-state index contributed by atoms with van der Waals surface area (Å²) in [7, 11) is 0. The first-order valence-electron chi connectivity index (χ1n) is 5.20. The van der Waals surface area contributed by atoms with Gasteiger partial charge in [0.05, 0.1) is 11.3 Å². The van der Waals surface area contributed by atoms with E-state index in [0.717, 1.165) is 5.75 Å². The molecule has 2 amide bonds. The van der Waals surface area contributed by atoms with Crippen LogP contribution in [0.4, 0.5) is 4.79 Å². The lowest BCUT2D eigenvalue weighted by Gasteiger charge is -2.23. The van der Waals surface area contributed by atoms with Crippen molar-refractivity contribution in [2.45, 2.75) is 38.2 Å². The number of rotatable bonds is 2. The van der Waals surface area contributed by atoms with E-state index in [1.807, 2.05) is 0 Å². The number of thioether (sulfide) groups is 1. The zero-order chi connectivity index (χ0) is 12.3. The molecule has 0 radical (unpaired) electrons. The maximum absolute atomic E-state index is 11.5. The number of alkyl carbamates (subject to hydrolysis) is 1. The van der Waals surface area contributed by atoms with Gasteiger partial charge < -0.3 is 15.8 Å². The second-order valence-corrected chi connectivity index (χ2v) is 5.98. The van der Waals surface area contributed by atoms with Crippen LogP contribution in [0.25, 0.3) is 0 Å². The maximum Gasteiger partial charge on any atom is 0.408 e. The Bertz CT molecular complexity index is 288. The van der Waals surface area contributed by atoms with E-state index in [1.54, 1.807) is 20.8 Å². The van der Waals surface area contributed by atoms with Crippen LogP contribution in [0.2, 0.25) is 0 Å². The molecule has 16 heavy (non-hydrogen) atoms. The minimum atomic E-state index is -0.532. The summed E-state index contributed by atoms with van der Waals surface area (Å²) in [5.74, 6) is 0.164. The summed E-state index contributed by atoms with van der Waals surface area (Å²) in [4.78, 5) is 22.6. The van der Waals surface area contributed by atoms with Crippen molar-refractivity contribution in [3.63, 3.8) is 0 Å². The standard InChI is InChI=1S/C10H18N2O3S/c1-10(2,3)15-9(14)12-8-6(7(11)13)4-5-16-8/h6,8H,4-5H2,1-3H3,(H2,11,13)(H,12,14). The third kappa shape index (κ3) is 3.92. The fourth-order valence-corrected chi connectivity index (χ4v) is 2.77. The SMILES string of the molecule is CC(C)(C)OC(=O)NC1SCCC1C(N)=O. The molecular weight excluding hydrogens is 228 g/mol. The molecule has 1 fully saturated rings. The van der Waals surface area contributed by atoms with Gasteiger partial charge in [-0.2, -0.15) is 0 Å². The third-order valence-electron chi connectivity index (χ3n) is 2.12. The van der Waals surface area contributed by atoms with Crippen molar-refractivity contribution in [3.8, 4) is 0 Å². The van der Waals surface area contributed by atoms with Crippen LogP contribution in [-0.2, 0) is 9.53 Å². The number of ether oxygens (including phenoxy) is 1. The molecule has 0 aromatic heterocycles. The highest BCUT2D eigenvalue weighted by Gasteiger charge is 2.34. The largest absolute Gasteiger partial charge is 0.444 e. The van der Waals surface area contributed by atoms with Gasteiger partial charge in [0, 0.05) is 0 Å². The molecule has 0 saturated carbocycles. The number of hydrogen-bond donors (Lipinski definition) is 2. The number of carbonyl (C=O) groups excluding carboxylic acids is 2. The minimum Gasteiger partial charge on any atom is -0.444 e. The highest BCUT2D eigenvalue weighted by molar-refractivity contribution is 8.00. The van der Waals surface area contributed by atoms with Gasteiger partial charge in [0.25, 0.3) is 0 Å². The van der Waals surface area contributed by atoms with Crippen molar-refractivity contribution >= 4 is 23.8 Å². The number of nitrogens with two attached hydrogens (primary N) is 1. The predicted molar refractivity (Wildman–Crippen MR) is 62.9 cm³/mol. The highest BCUT2D eigenvalue weighted by Crippen LogP contribution is 2.30. The van der Waals surface area contributed by atoms with E-state index in [1.165, 1.54) is 11.8 Å². The molecule has 0 aliphatic carbocycles. The smallest absolute Gasteiger partial charge is 0.408 e. The Morgan fingerprint density at radius 3 is 2.56 bits per heavy atom. The number of nitrogens with one attached hydrogen (secondary N) is 1. The summed E-state index contributed by atoms with van der Waals surface area (Å²) >= 11 is 1.52.